The smallest absolute Gasteiger partial charge is 0.124 e. The van der Waals surface area contributed by atoms with E-state index in [1.165, 1.54) is 0 Å². The molecule has 75 valence electrons. The van der Waals surface area contributed by atoms with Crippen LogP contribution in [0.3, 0.4) is 0 Å². The summed E-state index contributed by atoms with van der Waals surface area (Å²) in [6.45, 7) is 2.36. The Morgan fingerprint density at radius 1 is 1.07 bits per heavy atom. The first-order chi connectivity index (χ1) is 6.86. The van der Waals surface area contributed by atoms with Crippen LogP contribution in [0.2, 0.25) is 0 Å². The molecule has 0 amide bonds. The zero-order valence-electron chi connectivity index (χ0n) is 8.37. The summed E-state index contributed by atoms with van der Waals surface area (Å²) >= 11 is 0. The number of hydrogen-bond donors (Lipinski definition) is 0. The lowest BCUT2D eigenvalue weighted by molar-refractivity contribution is 0.165. The third-order valence-corrected chi connectivity index (χ3v) is 2.42. The van der Waals surface area contributed by atoms with Crippen molar-refractivity contribution in [3.8, 4) is 11.5 Å². The summed E-state index contributed by atoms with van der Waals surface area (Å²) in [6.07, 6.45) is 0.774. The monoisotopic (exact) mass is 193 g/mol. The van der Waals surface area contributed by atoms with Gasteiger partial charge in [0.1, 0.15) is 11.5 Å². The number of rotatable bonds is 2. The fourth-order valence-electron chi connectivity index (χ4n) is 1.70. The van der Waals surface area contributed by atoms with E-state index in [2.05, 4.69) is 0 Å². The first kappa shape index (κ1) is 9.34. The van der Waals surface area contributed by atoms with E-state index in [1.54, 1.807) is 20.8 Å². The van der Waals surface area contributed by atoms with Gasteiger partial charge in [-0.05, 0) is 12.1 Å². The number of ether oxygens (including phenoxy) is 3. The Hall–Kier alpha value is -1.22. The second-order valence-electron chi connectivity index (χ2n) is 3.11. The topological polar surface area (TPSA) is 27.7 Å². The minimum atomic E-state index is 0.565. The Labute approximate surface area is 83.6 Å². The van der Waals surface area contributed by atoms with Crippen molar-refractivity contribution in [1.82, 2.24) is 0 Å². The quantitative estimate of drug-likeness (QED) is 0.718. The van der Waals surface area contributed by atoms with Crippen LogP contribution in [-0.4, -0.2) is 14.2 Å². The van der Waals surface area contributed by atoms with Crippen molar-refractivity contribution in [2.75, 3.05) is 14.2 Å². The minimum Gasteiger partial charge on any atom is -0.496 e. The fraction of sp³-hybridized carbons (Fsp3) is 0.364. The standard InChI is InChI=1S/C11H13O3/c1-12-10-3-4-11(13-2)9-7-14-6-5-8(9)10/h3-4,6H,5,7H2,1-2H3. The molecule has 0 bridgehead atoms. The molecule has 0 N–H and O–H groups in total. The van der Waals surface area contributed by atoms with Gasteiger partial charge in [-0.3, -0.25) is 0 Å². The number of hydrogen-bond acceptors (Lipinski definition) is 3. The van der Waals surface area contributed by atoms with Gasteiger partial charge in [0, 0.05) is 17.5 Å². The zero-order chi connectivity index (χ0) is 9.97. The highest BCUT2D eigenvalue weighted by Gasteiger charge is 2.18. The molecule has 1 radical (unpaired) electrons. The molecule has 0 aliphatic carbocycles. The lowest BCUT2D eigenvalue weighted by Crippen LogP contribution is -2.09. The third kappa shape index (κ3) is 1.44. The van der Waals surface area contributed by atoms with E-state index in [9.17, 15) is 0 Å². The van der Waals surface area contributed by atoms with Gasteiger partial charge in [0.25, 0.3) is 0 Å². The Kier molecular flexibility index (Phi) is 2.59. The molecule has 1 aromatic rings. The lowest BCUT2D eigenvalue weighted by atomic mass is 10.0. The second-order valence-corrected chi connectivity index (χ2v) is 3.11. The SMILES string of the molecule is COc1ccc(OC)c2c1C[CH]OC2. The Bertz CT molecular complexity index is 301. The fourth-order valence-corrected chi connectivity index (χ4v) is 1.70. The van der Waals surface area contributed by atoms with Gasteiger partial charge in [-0.2, -0.15) is 0 Å². The maximum Gasteiger partial charge on any atom is 0.124 e. The van der Waals surface area contributed by atoms with Crippen molar-refractivity contribution < 1.29 is 14.2 Å². The van der Waals surface area contributed by atoms with Crippen molar-refractivity contribution >= 4 is 0 Å². The van der Waals surface area contributed by atoms with Crippen molar-refractivity contribution in [3.63, 3.8) is 0 Å². The maximum absolute atomic E-state index is 5.28. The van der Waals surface area contributed by atoms with Gasteiger partial charge in [-0.25, -0.2) is 0 Å². The van der Waals surface area contributed by atoms with Crippen molar-refractivity contribution in [2.45, 2.75) is 13.0 Å². The van der Waals surface area contributed by atoms with E-state index in [0.717, 1.165) is 29.0 Å². The van der Waals surface area contributed by atoms with Crippen LogP contribution in [0.15, 0.2) is 12.1 Å². The summed E-state index contributed by atoms with van der Waals surface area (Å²) in [5.74, 6) is 1.77. The highest BCUT2D eigenvalue weighted by Crippen LogP contribution is 2.34. The molecular formula is C11H13O3. The summed E-state index contributed by atoms with van der Waals surface area (Å²) in [5, 5.41) is 0. The normalized spacial score (nSPS) is 14.7. The van der Waals surface area contributed by atoms with Crippen LogP contribution in [-0.2, 0) is 17.8 Å². The molecule has 1 aromatic carbocycles. The predicted molar refractivity (Wildman–Crippen MR) is 52.3 cm³/mol. The molecule has 0 unspecified atom stereocenters. The molecule has 0 spiro atoms. The molecule has 1 aliphatic heterocycles. The van der Waals surface area contributed by atoms with Crippen LogP contribution in [0.1, 0.15) is 11.1 Å². The molecule has 0 atom stereocenters. The average molecular weight is 193 g/mol. The summed E-state index contributed by atoms with van der Waals surface area (Å²) in [5.41, 5.74) is 2.26. The highest BCUT2D eigenvalue weighted by atomic mass is 16.5. The summed E-state index contributed by atoms with van der Waals surface area (Å²) in [6, 6.07) is 3.84. The molecule has 0 aromatic heterocycles. The summed E-state index contributed by atoms with van der Waals surface area (Å²) in [4.78, 5) is 0. The van der Waals surface area contributed by atoms with Gasteiger partial charge in [0.15, 0.2) is 0 Å². The molecule has 1 heterocycles. The molecule has 3 nitrogen and oxygen atoms in total. The van der Waals surface area contributed by atoms with E-state index in [4.69, 9.17) is 14.2 Å². The van der Waals surface area contributed by atoms with Gasteiger partial charge >= 0.3 is 0 Å². The molecule has 0 fully saturated rings. The van der Waals surface area contributed by atoms with E-state index in [-0.39, 0.29) is 0 Å². The van der Waals surface area contributed by atoms with E-state index in [0.29, 0.717) is 6.61 Å². The van der Waals surface area contributed by atoms with Crippen LogP contribution >= 0.6 is 0 Å². The molecule has 0 saturated carbocycles. The highest BCUT2D eigenvalue weighted by molar-refractivity contribution is 5.49. The van der Waals surface area contributed by atoms with Crippen molar-refractivity contribution in [3.05, 3.63) is 29.9 Å². The molecule has 14 heavy (non-hydrogen) atoms. The Morgan fingerprint density at radius 2 is 1.71 bits per heavy atom. The van der Waals surface area contributed by atoms with Crippen LogP contribution in [0.4, 0.5) is 0 Å². The van der Waals surface area contributed by atoms with E-state index >= 15 is 0 Å². The van der Waals surface area contributed by atoms with Crippen LogP contribution in [0, 0.1) is 6.61 Å². The first-order valence-electron chi connectivity index (χ1n) is 4.53. The van der Waals surface area contributed by atoms with Crippen LogP contribution in [0.5, 0.6) is 11.5 Å². The van der Waals surface area contributed by atoms with Gasteiger partial charge in [-0.1, -0.05) is 0 Å². The molecule has 2 rings (SSSR count). The largest absolute Gasteiger partial charge is 0.496 e. The number of benzene rings is 1. The number of methoxy groups -OCH3 is 2. The average Bonchev–Trinajstić information content (AvgIpc) is 2.27. The molecular weight excluding hydrogens is 180 g/mol. The third-order valence-electron chi connectivity index (χ3n) is 2.42. The zero-order valence-corrected chi connectivity index (χ0v) is 8.37. The predicted octanol–water partition coefficient (Wildman–Crippen LogP) is 1.94. The Morgan fingerprint density at radius 3 is 2.36 bits per heavy atom. The summed E-state index contributed by atoms with van der Waals surface area (Å²) < 4.78 is 15.8. The van der Waals surface area contributed by atoms with Gasteiger partial charge in [0.2, 0.25) is 0 Å². The first-order valence-corrected chi connectivity index (χ1v) is 4.53. The van der Waals surface area contributed by atoms with Gasteiger partial charge in [-0.15, -0.1) is 0 Å². The Balaban J connectivity index is 2.50. The van der Waals surface area contributed by atoms with Crippen molar-refractivity contribution in [2.24, 2.45) is 0 Å². The van der Waals surface area contributed by atoms with E-state index in [1.807, 2.05) is 12.1 Å². The molecule has 3 heteroatoms. The minimum absolute atomic E-state index is 0.565. The lowest BCUT2D eigenvalue weighted by Gasteiger charge is -2.20. The van der Waals surface area contributed by atoms with Crippen LogP contribution < -0.4 is 9.47 Å². The van der Waals surface area contributed by atoms with E-state index < -0.39 is 0 Å². The molecule has 1 aliphatic rings. The second kappa shape index (κ2) is 3.88. The number of fused-ring (bicyclic) bond motifs is 1. The van der Waals surface area contributed by atoms with Gasteiger partial charge in [0.05, 0.1) is 27.4 Å². The van der Waals surface area contributed by atoms with Crippen LogP contribution in [0.25, 0.3) is 0 Å². The summed E-state index contributed by atoms with van der Waals surface area (Å²) in [7, 11) is 3.35. The van der Waals surface area contributed by atoms with Gasteiger partial charge < -0.3 is 14.2 Å². The molecule has 0 saturated heterocycles. The maximum atomic E-state index is 5.28. The van der Waals surface area contributed by atoms with Crippen molar-refractivity contribution in [1.29, 1.82) is 0 Å².